The van der Waals surface area contributed by atoms with Crippen molar-refractivity contribution in [3.63, 3.8) is 0 Å². The summed E-state index contributed by atoms with van der Waals surface area (Å²) >= 11 is 26.1. The van der Waals surface area contributed by atoms with Gasteiger partial charge in [-0.15, -0.1) is 34.0 Å². The zero-order chi connectivity index (χ0) is 102. The van der Waals surface area contributed by atoms with Gasteiger partial charge in [-0.05, 0) is 234 Å². The standard InChI is InChI=1S/2C12H18N6S.2C11H16N6S.2C10H11ClN6.C10H14N6S.C9H9ClN6/c1-8-6-19-7-9(8)4-5-14-11-15-10(13)16-12(17-11)18(2)3;1-8-6-9(7-19-8)4-5-14-11-15-10(13)16-12(17-11)18(2)3;1-7-5-18-6-8(7)3-4-17(2)11-15-9(12)14-10(13)16-11;1-7-5-8(6-18-7)3-4-17(2)11-15-9(12)14-10(13)16-11;1-17(7-4-2-6(11)3-5-7)10-15-8(12)14-9(13)16-10;1-13-9-15-8(12)16-10(17-9)14-7-4-2-6(11)3-5-7;1-6-4-7(5-17-6)2-3-13-10-15-8(11)14-9(12)16-10;10-5-1-3-6(4-2-5)13-9-15-7(11)14-8(12)16-9/h2*6-7H,4-5H2,1-3H3,(H3,13,14,15,16,17);2*5-6H,3-4H2,1-2H3,(H4,12,13,14,15,16);2-5H,1H3,(H4,12,13,14,15,16);2-5H,1H3,(H4,12,13,14,15,16,17);4-5H,2-3H2,1H3,(H5,11,12,13,14,15,16);1-4H,(H5,11,12,13,14,15,16). The van der Waals surface area contributed by atoms with Crippen molar-refractivity contribution in [3.05, 3.63) is 197 Å². The van der Waals surface area contributed by atoms with Crippen molar-refractivity contribution in [2.24, 2.45) is 0 Å². The van der Waals surface area contributed by atoms with E-state index < -0.39 is 0 Å². The highest BCUT2D eigenvalue weighted by atomic mass is 35.5. The molecule has 32 N–H and O–H groups in total. The molecule has 141 heavy (non-hydrogen) atoms. The number of likely N-dealkylation sites (N-methyl/N-ethyl adjacent to an activating group) is 2. The van der Waals surface area contributed by atoms with Crippen LogP contribution in [-0.2, 0) is 32.1 Å². The molecule has 0 aliphatic heterocycles. The molecular formula is C85H113Cl3N48S5. The quantitative estimate of drug-likeness (QED) is 0.0207. The van der Waals surface area contributed by atoms with Crippen LogP contribution in [0.3, 0.4) is 0 Å². The Kier molecular flexibility index (Phi) is 42.1. The second kappa shape index (κ2) is 54.5. The Balaban J connectivity index is 0.000000180. The number of thiophene rings is 5. The Morgan fingerprint density at radius 1 is 0.284 bits per heavy atom. The molecule has 0 aliphatic rings. The zero-order valence-electron chi connectivity index (χ0n) is 79.4. The summed E-state index contributed by atoms with van der Waals surface area (Å²) in [5.41, 5.74) is 83.6. The van der Waals surface area contributed by atoms with E-state index in [4.69, 9.17) is 109 Å². The number of anilines is 27. The molecule has 0 saturated carbocycles. The maximum absolute atomic E-state index is 5.81. The van der Waals surface area contributed by atoms with Gasteiger partial charge in [0, 0.05) is 136 Å². The van der Waals surface area contributed by atoms with Crippen molar-refractivity contribution in [1.29, 1.82) is 0 Å². The van der Waals surface area contributed by atoms with Crippen molar-refractivity contribution >= 4 is 251 Å². The van der Waals surface area contributed by atoms with Gasteiger partial charge in [-0.1, -0.05) is 34.8 Å². The summed E-state index contributed by atoms with van der Waals surface area (Å²) in [6.45, 7) is 14.4. The third-order valence-corrected chi connectivity index (χ3v) is 23.8. The van der Waals surface area contributed by atoms with E-state index in [1.165, 1.54) is 53.6 Å². The first-order chi connectivity index (χ1) is 67.2. The van der Waals surface area contributed by atoms with E-state index in [1.54, 1.807) is 134 Å². The van der Waals surface area contributed by atoms with Crippen LogP contribution < -0.4 is 131 Å². The molecule has 0 bridgehead atoms. The number of nitrogen functional groups attached to an aromatic ring is 13. The number of hydrogen-bond acceptors (Lipinski definition) is 53. The minimum absolute atomic E-state index is 0.0731. The van der Waals surface area contributed by atoms with Crippen LogP contribution in [0.1, 0.15) is 53.6 Å². The first-order valence-electron chi connectivity index (χ1n) is 42.5. The van der Waals surface area contributed by atoms with Gasteiger partial charge in [0.2, 0.25) is 143 Å². The number of rotatable bonds is 29. The lowest BCUT2D eigenvalue weighted by Gasteiger charge is -2.17. The molecule has 48 nitrogen and oxygen atoms in total. The molecule has 0 radical (unpaired) electrons. The number of nitrogens with one attached hydrogen (secondary N) is 6. The lowest BCUT2D eigenvalue weighted by molar-refractivity contribution is 0.832. The Hall–Kier alpha value is -15.7. The Bertz CT molecular complexity index is 6470. The predicted octanol–water partition coefficient (Wildman–Crippen LogP) is 11.1. The van der Waals surface area contributed by atoms with Gasteiger partial charge in [0.1, 0.15) is 0 Å². The van der Waals surface area contributed by atoms with Crippen LogP contribution in [-0.4, -0.2) is 209 Å². The highest BCUT2D eigenvalue weighted by Gasteiger charge is 2.16. The minimum Gasteiger partial charge on any atom is -0.368 e. The number of aryl methyl sites for hydroxylation is 5. The van der Waals surface area contributed by atoms with E-state index in [2.05, 4.69) is 242 Å². The van der Waals surface area contributed by atoms with Gasteiger partial charge in [0.25, 0.3) is 0 Å². The Labute approximate surface area is 849 Å². The van der Waals surface area contributed by atoms with E-state index in [9.17, 15) is 0 Å². The first-order valence-corrected chi connectivity index (χ1v) is 48.1. The van der Waals surface area contributed by atoms with Crippen LogP contribution in [0.15, 0.2) is 129 Å². The average molecular weight is 2070 g/mol. The first kappa shape index (κ1) is 109. The smallest absolute Gasteiger partial charge is 0.236 e. The summed E-state index contributed by atoms with van der Waals surface area (Å²) in [5, 5.41) is 35.3. The van der Waals surface area contributed by atoms with Gasteiger partial charge >= 0.3 is 0 Å². The average Bonchev–Trinajstić information content (AvgIpc) is 1.81. The summed E-state index contributed by atoms with van der Waals surface area (Å²) < 4.78 is 0. The van der Waals surface area contributed by atoms with Crippen molar-refractivity contribution in [2.75, 3.05) is 220 Å². The SMILES string of the molecule is CN(c1ccc(Cl)cc1)c1nc(N)nc(N)n1.CNc1nc(N)nc(Nc2ccc(Cl)cc2)n1.Cc1cc(CCN(C)c2nc(N)nc(N)n2)cs1.Cc1cc(CCNc2nc(N)nc(N(C)C)n2)cs1.Cc1cc(CCNc2nc(N)nc(N)n2)cs1.Cc1cscc1CCN(C)c1nc(N)nc(N)n1.Cc1cscc1CCNc1nc(N)nc(N(C)C)n1.Nc1nc(N)nc(Nc2ccc(Cl)cc2)n1. The second-order valence-corrected chi connectivity index (χ2v) is 36.5. The van der Waals surface area contributed by atoms with Gasteiger partial charge in [0.15, 0.2) is 0 Å². The third-order valence-electron chi connectivity index (χ3n) is 18.5. The molecule has 13 aromatic heterocycles. The Morgan fingerprint density at radius 3 is 0.908 bits per heavy atom. The van der Waals surface area contributed by atoms with E-state index in [-0.39, 0.29) is 77.3 Å². The highest BCUT2D eigenvalue weighted by Crippen LogP contribution is 2.27. The fourth-order valence-electron chi connectivity index (χ4n) is 11.5. The normalized spacial score (nSPS) is 10.4. The van der Waals surface area contributed by atoms with E-state index in [0.29, 0.717) is 80.5 Å². The number of nitrogens with two attached hydrogens (primary N) is 13. The predicted molar refractivity (Wildman–Crippen MR) is 579 cm³/mol. The fraction of sp³-hybridized carbons (Fsp3) is 0.271. The second-order valence-electron chi connectivity index (χ2n) is 30.3. The van der Waals surface area contributed by atoms with E-state index in [0.717, 1.165) is 81.9 Å². The van der Waals surface area contributed by atoms with Gasteiger partial charge in [-0.2, -0.15) is 142 Å². The van der Waals surface area contributed by atoms with Crippen LogP contribution in [0.5, 0.6) is 0 Å². The molecule has 16 aromatic rings. The third kappa shape index (κ3) is 38.7. The maximum Gasteiger partial charge on any atom is 0.236 e. The van der Waals surface area contributed by atoms with Gasteiger partial charge in [-0.3, -0.25) is 0 Å². The lowest BCUT2D eigenvalue weighted by Crippen LogP contribution is -2.23. The molecule has 16 rings (SSSR count). The summed E-state index contributed by atoms with van der Waals surface area (Å²) in [4.78, 5) is 108. The molecular weight excluding hydrogens is 1960 g/mol. The molecule has 56 heteroatoms. The number of hydrogen-bond donors (Lipinski definition) is 19. The molecule has 13 heterocycles. The molecule has 0 saturated heterocycles. The number of benzene rings is 3. The van der Waals surface area contributed by atoms with Crippen molar-refractivity contribution in [1.82, 2.24) is 120 Å². The highest BCUT2D eigenvalue weighted by molar-refractivity contribution is 7.10. The largest absolute Gasteiger partial charge is 0.368 e. The fourth-order valence-corrected chi connectivity index (χ4v) is 15.9. The van der Waals surface area contributed by atoms with Crippen LogP contribution in [0.4, 0.5) is 160 Å². The molecule has 0 amide bonds. The van der Waals surface area contributed by atoms with Crippen molar-refractivity contribution in [3.8, 4) is 0 Å². The molecule has 0 aliphatic carbocycles. The molecule has 744 valence electrons. The molecule has 0 fully saturated rings. The van der Waals surface area contributed by atoms with Crippen molar-refractivity contribution < 1.29 is 0 Å². The van der Waals surface area contributed by atoms with Crippen molar-refractivity contribution in [2.45, 2.75) is 66.7 Å². The van der Waals surface area contributed by atoms with Crippen LogP contribution in [0.2, 0.25) is 15.1 Å². The van der Waals surface area contributed by atoms with Crippen LogP contribution >= 0.6 is 91.5 Å². The molecule has 0 spiro atoms. The maximum atomic E-state index is 5.81. The molecule has 0 atom stereocenters. The monoisotopic (exact) mass is 2070 g/mol. The van der Waals surface area contributed by atoms with Gasteiger partial charge < -0.3 is 131 Å². The summed E-state index contributed by atoms with van der Waals surface area (Å²) in [5.74, 6) is 6.85. The van der Waals surface area contributed by atoms with Crippen LogP contribution in [0, 0.1) is 34.6 Å². The minimum atomic E-state index is 0.0731. The summed E-state index contributed by atoms with van der Waals surface area (Å²) in [7, 11) is 14.8. The molecule has 0 unspecified atom stereocenters. The lowest BCUT2D eigenvalue weighted by atomic mass is 10.1. The van der Waals surface area contributed by atoms with E-state index in [1.807, 2.05) is 76.4 Å². The number of aromatic nitrogens is 24. The Morgan fingerprint density at radius 2 is 0.567 bits per heavy atom. The summed E-state index contributed by atoms with van der Waals surface area (Å²) in [6.07, 6.45) is 4.67. The van der Waals surface area contributed by atoms with Gasteiger partial charge in [-0.25, -0.2) is 0 Å². The number of halogens is 3. The van der Waals surface area contributed by atoms with E-state index >= 15 is 0 Å². The number of nitrogens with zero attached hydrogens (tertiary/aromatic N) is 29. The van der Waals surface area contributed by atoms with Gasteiger partial charge in [0.05, 0.1) is 0 Å². The van der Waals surface area contributed by atoms with Crippen LogP contribution in [0.25, 0.3) is 0 Å². The topological polar surface area (TPSA) is 736 Å². The zero-order valence-corrected chi connectivity index (χ0v) is 85.8. The summed E-state index contributed by atoms with van der Waals surface area (Å²) in [6, 6.07) is 28.1. The molecule has 3 aromatic carbocycles.